The summed E-state index contributed by atoms with van der Waals surface area (Å²) in [4.78, 5) is 25.5. The molecule has 136 valence electrons. The molecule has 0 aliphatic rings. The topological polar surface area (TPSA) is 95.6 Å². The first-order valence-electron chi connectivity index (χ1n) is 7.56. The van der Waals surface area contributed by atoms with Gasteiger partial charge in [0.1, 0.15) is 0 Å². The molecule has 0 fully saturated rings. The van der Waals surface area contributed by atoms with Crippen molar-refractivity contribution in [3.63, 3.8) is 0 Å². The van der Waals surface area contributed by atoms with Crippen LogP contribution in [-0.4, -0.2) is 50.8 Å². The molecule has 1 aromatic rings. The SMILES string of the molecule is C#CCNS(=O)(=O)c1cccc(C(=O)N(C)CC(=O)NC(C)(C)C)c1. The quantitative estimate of drug-likeness (QED) is 0.721. The molecule has 0 aliphatic carbocycles. The van der Waals surface area contributed by atoms with Gasteiger partial charge in [-0.15, -0.1) is 6.42 Å². The molecule has 7 nitrogen and oxygen atoms in total. The second-order valence-electron chi connectivity index (χ2n) is 6.52. The van der Waals surface area contributed by atoms with E-state index in [1.54, 1.807) is 0 Å². The smallest absolute Gasteiger partial charge is 0.254 e. The number of rotatable bonds is 6. The van der Waals surface area contributed by atoms with E-state index in [-0.39, 0.29) is 29.5 Å². The van der Waals surface area contributed by atoms with Gasteiger partial charge in [0.2, 0.25) is 15.9 Å². The summed E-state index contributed by atoms with van der Waals surface area (Å²) in [6.07, 6.45) is 5.05. The van der Waals surface area contributed by atoms with Crippen LogP contribution in [0.3, 0.4) is 0 Å². The zero-order valence-electron chi connectivity index (χ0n) is 14.8. The Morgan fingerprint density at radius 3 is 2.48 bits per heavy atom. The minimum absolute atomic E-state index is 0.0684. The van der Waals surface area contributed by atoms with Crippen molar-refractivity contribution in [2.45, 2.75) is 31.2 Å². The number of hydrogen-bond acceptors (Lipinski definition) is 4. The van der Waals surface area contributed by atoms with Crippen molar-refractivity contribution in [2.24, 2.45) is 0 Å². The molecule has 0 aromatic heterocycles. The first-order valence-corrected chi connectivity index (χ1v) is 9.04. The predicted molar refractivity (Wildman–Crippen MR) is 95.3 cm³/mol. The summed E-state index contributed by atoms with van der Waals surface area (Å²) in [6, 6.07) is 5.56. The van der Waals surface area contributed by atoms with E-state index in [1.807, 2.05) is 20.8 Å². The van der Waals surface area contributed by atoms with Crippen LogP contribution < -0.4 is 10.0 Å². The van der Waals surface area contributed by atoms with Gasteiger partial charge in [0.25, 0.3) is 5.91 Å². The van der Waals surface area contributed by atoms with E-state index in [2.05, 4.69) is 16.0 Å². The summed E-state index contributed by atoms with van der Waals surface area (Å²) in [5.41, 5.74) is -0.243. The van der Waals surface area contributed by atoms with Gasteiger partial charge in [-0.1, -0.05) is 12.0 Å². The summed E-state index contributed by atoms with van der Waals surface area (Å²) in [5, 5.41) is 2.76. The maximum Gasteiger partial charge on any atom is 0.254 e. The van der Waals surface area contributed by atoms with Crippen LogP contribution in [0.25, 0.3) is 0 Å². The first kappa shape index (κ1) is 20.7. The molecule has 8 heteroatoms. The lowest BCUT2D eigenvalue weighted by Crippen LogP contribution is -2.46. The van der Waals surface area contributed by atoms with Crippen LogP contribution in [0.15, 0.2) is 29.2 Å². The predicted octanol–water partition coefficient (Wildman–Crippen LogP) is 0.585. The first-order chi connectivity index (χ1) is 11.5. The summed E-state index contributed by atoms with van der Waals surface area (Å²) in [6.45, 7) is 5.23. The average molecular weight is 365 g/mol. The third-order valence-electron chi connectivity index (χ3n) is 3.00. The maximum atomic E-state index is 12.4. The van der Waals surface area contributed by atoms with Crippen molar-refractivity contribution >= 4 is 21.8 Å². The average Bonchev–Trinajstić information content (AvgIpc) is 2.50. The summed E-state index contributed by atoms with van der Waals surface area (Å²) >= 11 is 0. The fraction of sp³-hybridized carbons (Fsp3) is 0.412. The number of carbonyl (C=O) groups is 2. The molecule has 0 saturated heterocycles. The number of hydrogen-bond donors (Lipinski definition) is 2. The highest BCUT2D eigenvalue weighted by Gasteiger charge is 2.20. The van der Waals surface area contributed by atoms with Crippen LogP contribution in [0.5, 0.6) is 0 Å². The minimum atomic E-state index is -3.79. The second-order valence-corrected chi connectivity index (χ2v) is 8.28. The fourth-order valence-corrected chi connectivity index (χ4v) is 2.96. The molecule has 0 aliphatic heterocycles. The summed E-state index contributed by atoms with van der Waals surface area (Å²) in [5.74, 6) is 1.42. The Morgan fingerprint density at radius 2 is 1.92 bits per heavy atom. The van der Waals surface area contributed by atoms with Crippen LogP contribution >= 0.6 is 0 Å². The van der Waals surface area contributed by atoms with Crippen molar-refractivity contribution in [3.05, 3.63) is 29.8 Å². The van der Waals surface area contributed by atoms with E-state index in [1.165, 1.54) is 36.2 Å². The van der Waals surface area contributed by atoms with Crippen molar-refractivity contribution < 1.29 is 18.0 Å². The molecule has 0 unspecified atom stereocenters. The third kappa shape index (κ3) is 6.57. The van der Waals surface area contributed by atoms with Crippen LogP contribution in [0.2, 0.25) is 0 Å². The maximum absolute atomic E-state index is 12.4. The minimum Gasteiger partial charge on any atom is -0.350 e. The van der Waals surface area contributed by atoms with Gasteiger partial charge in [0.15, 0.2) is 0 Å². The number of likely N-dealkylation sites (N-methyl/N-ethyl adjacent to an activating group) is 1. The lowest BCUT2D eigenvalue weighted by atomic mass is 10.1. The Morgan fingerprint density at radius 1 is 1.28 bits per heavy atom. The van der Waals surface area contributed by atoms with E-state index in [0.29, 0.717) is 0 Å². The number of nitrogens with zero attached hydrogens (tertiary/aromatic N) is 1. The van der Waals surface area contributed by atoms with E-state index in [0.717, 1.165) is 0 Å². The Labute approximate surface area is 148 Å². The van der Waals surface area contributed by atoms with Crippen LogP contribution in [0.4, 0.5) is 0 Å². The third-order valence-corrected chi connectivity index (χ3v) is 4.40. The number of carbonyl (C=O) groups excluding carboxylic acids is 2. The molecule has 2 N–H and O–H groups in total. The van der Waals surface area contributed by atoms with Gasteiger partial charge in [-0.3, -0.25) is 9.59 Å². The van der Waals surface area contributed by atoms with Gasteiger partial charge in [-0.25, -0.2) is 8.42 Å². The van der Waals surface area contributed by atoms with Gasteiger partial charge < -0.3 is 10.2 Å². The highest BCUT2D eigenvalue weighted by Crippen LogP contribution is 2.13. The zero-order valence-corrected chi connectivity index (χ0v) is 15.6. The molecule has 0 bridgehead atoms. The van der Waals surface area contributed by atoms with Crippen molar-refractivity contribution in [3.8, 4) is 12.3 Å². The Hall–Kier alpha value is -2.37. The molecule has 25 heavy (non-hydrogen) atoms. The highest BCUT2D eigenvalue weighted by molar-refractivity contribution is 7.89. The monoisotopic (exact) mass is 365 g/mol. The zero-order chi connectivity index (χ0) is 19.3. The van der Waals surface area contributed by atoms with Crippen LogP contribution in [-0.2, 0) is 14.8 Å². The van der Waals surface area contributed by atoms with Gasteiger partial charge in [0, 0.05) is 18.2 Å². The van der Waals surface area contributed by atoms with E-state index in [9.17, 15) is 18.0 Å². The Bertz CT molecular complexity index is 789. The Balaban J connectivity index is 2.91. The van der Waals surface area contributed by atoms with E-state index < -0.39 is 21.5 Å². The number of terminal acetylenes is 1. The number of nitrogens with one attached hydrogen (secondary N) is 2. The van der Waals surface area contributed by atoms with Crippen molar-refractivity contribution in [1.29, 1.82) is 0 Å². The lowest BCUT2D eigenvalue weighted by Gasteiger charge is -2.23. The number of sulfonamides is 1. The summed E-state index contributed by atoms with van der Waals surface area (Å²) in [7, 11) is -2.32. The van der Waals surface area contributed by atoms with E-state index in [4.69, 9.17) is 6.42 Å². The molecule has 0 radical (unpaired) electrons. The molecular weight excluding hydrogens is 342 g/mol. The van der Waals surface area contributed by atoms with Gasteiger partial charge in [0.05, 0.1) is 18.0 Å². The highest BCUT2D eigenvalue weighted by atomic mass is 32.2. The molecule has 0 spiro atoms. The molecule has 1 aromatic carbocycles. The van der Waals surface area contributed by atoms with Crippen molar-refractivity contribution in [2.75, 3.05) is 20.1 Å². The second kappa shape index (κ2) is 8.14. The van der Waals surface area contributed by atoms with E-state index >= 15 is 0 Å². The number of benzene rings is 1. The van der Waals surface area contributed by atoms with Gasteiger partial charge >= 0.3 is 0 Å². The standard InChI is InChI=1S/C17H23N3O4S/c1-6-10-18-25(23,24)14-9-7-8-13(11-14)16(22)20(5)12-15(21)19-17(2,3)4/h1,7-9,11,18H,10,12H2,2-5H3,(H,19,21). The normalized spacial score (nSPS) is 11.5. The molecular formula is C17H23N3O4S. The molecule has 0 atom stereocenters. The van der Waals surface area contributed by atoms with Crippen LogP contribution in [0, 0.1) is 12.3 Å². The van der Waals surface area contributed by atoms with Crippen LogP contribution in [0.1, 0.15) is 31.1 Å². The Kier molecular flexibility index (Phi) is 6.73. The molecule has 0 heterocycles. The molecule has 0 saturated carbocycles. The summed E-state index contributed by atoms with van der Waals surface area (Å²) < 4.78 is 26.4. The largest absolute Gasteiger partial charge is 0.350 e. The molecule has 2 amide bonds. The number of amides is 2. The molecule has 1 rings (SSSR count). The fourth-order valence-electron chi connectivity index (χ4n) is 1.98. The van der Waals surface area contributed by atoms with Gasteiger partial charge in [-0.05, 0) is 39.0 Å². The van der Waals surface area contributed by atoms with Crippen molar-refractivity contribution in [1.82, 2.24) is 14.9 Å². The van der Waals surface area contributed by atoms with Gasteiger partial charge in [-0.2, -0.15) is 4.72 Å². The lowest BCUT2D eigenvalue weighted by molar-refractivity contribution is -0.122.